The third-order valence-electron chi connectivity index (χ3n) is 5.54. The molecule has 1 aliphatic heterocycles. The first kappa shape index (κ1) is 18.4. The Hall–Kier alpha value is -2.93. The Balaban J connectivity index is 1.64. The van der Waals surface area contributed by atoms with Gasteiger partial charge in [-0.1, -0.05) is 19.1 Å². The van der Waals surface area contributed by atoms with Gasteiger partial charge in [-0.2, -0.15) is 4.98 Å². The van der Waals surface area contributed by atoms with E-state index in [1.807, 2.05) is 29.2 Å². The predicted molar refractivity (Wildman–Crippen MR) is 111 cm³/mol. The summed E-state index contributed by atoms with van der Waals surface area (Å²) in [6.45, 7) is 7.52. The molecule has 7 heteroatoms. The van der Waals surface area contributed by atoms with Crippen LogP contribution in [0, 0.1) is 6.92 Å². The van der Waals surface area contributed by atoms with E-state index in [4.69, 9.17) is 5.73 Å². The summed E-state index contributed by atoms with van der Waals surface area (Å²) < 4.78 is 0. The van der Waals surface area contributed by atoms with Gasteiger partial charge in [0.25, 0.3) is 5.91 Å². The molecule has 0 radical (unpaired) electrons. The number of anilines is 1. The number of aromatic nitrogens is 3. The SMILES string of the molecule is CCc1nc(N)nc2[nH]c(-c3ccc(C(=O)N4CCN(C)CC4)cc3)c(C)c12. The maximum atomic E-state index is 12.8. The monoisotopic (exact) mass is 378 g/mol. The molecule has 1 aliphatic rings. The summed E-state index contributed by atoms with van der Waals surface area (Å²) in [5.41, 5.74) is 11.4. The van der Waals surface area contributed by atoms with Crippen molar-refractivity contribution in [1.82, 2.24) is 24.8 Å². The van der Waals surface area contributed by atoms with E-state index in [-0.39, 0.29) is 11.9 Å². The van der Waals surface area contributed by atoms with E-state index in [1.54, 1.807) is 0 Å². The highest BCUT2D eigenvalue weighted by atomic mass is 16.2. The number of carbonyl (C=O) groups excluding carboxylic acids is 1. The molecule has 1 aromatic carbocycles. The van der Waals surface area contributed by atoms with E-state index in [9.17, 15) is 4.79 Å². The van der Waals surface area contributed by atoms with Crippen molar-refractivity contribution in [2.75, 3.05) is 39.0 Å². The average Bonchev–Trinajstić information content (AvgIpc) is 3.03. The van der Waals surface area contributed by atoms with Crippen molar-refractivity contribution >= 4 is 22.9 Å². The molecule has 4 rings (SSSR count). The van der Waals surface area contributed by atoms with E-state index in [0.29, 0.717) is 0 Å². The third-order valence-corrected chi connectivity index (χ3v) is 5.54. The number of piperazine rings is 1. The van der Waals surface area contributed by atoms with Crippen molar-refractivity contribution in [1.29, 1.82) is 0 Å². The number of benzene rings is 1. The van der Waals surface area contributed by atoms with Crippen LogP contribution in [0.15, 0.2) is 24.3 Å². The maximum Gasteiger partial charge on any atom is 0.253 e. The molecule has 3 N–H and O–H groups in total. The largest absolute Gasteiger partial charge is 0.368 e. The fraction of sp³-hybridized carbons (Fsp3) is 0.381. The molecule has 3 heterocycles. The number of nitrogens with two attached hydrogens (primary N) is 1. The van der Waals surface area contributed by atoms with Gasteiger partial charge < -0.3 is 20.5 Å². The molecular weight excluding hydrogens is 352 g/mol. The number of nitrogens with zero attached hydrogens (tertiary/aromatic N) is 4. The smallest absolute Gasteiger partial charge is 0.253 e. The van der Waals surface area contributed by atoms with Gasteiger partial charge in [-0.3, -0.25) is 4.79 Å². The highest BCUT2D eigenvalue weighted by molar-refractivity contribution is 5.95. The van der Waals surface area contributed by atoms with Crippen molar-refractivity contribution in [2.24, 2.45) is 0 Å². The number of hydrogen-bond donors (Lipinski definition) is 2. The minimum Gasteiger partial charge on any atom is -0.368 e. The van der Waals surface area contributed by atoms with Gasteiger partial charge in [-0.05, 0) is 43.7 Å². The minimum atomic E-state index is 0.0972. The lowest BCUT2D eigenvalue weighted by molar-refractivity contribution is 0.0664. The summed E-state index contributed by atoms with van der Waals surface area (Å²) in [5, 5.41) is 1.03. The van der Waals surface area contributed by atoms with Gasteiger partial charge in [0, 0.05) is 37.1 Å². The summed E-state index contributed by atoms with van der Waals surface area (Å²) in [7, 11) is 2.08. The molecule has 0 aliphatic carbocycles. The Kier molecular flexibility index (Phi) is 4.77. The van der Waals surface area contributed by atoms with Gasteiger partial charge in [-0.25, -0.2) is 4.98 Å². The fourth-order valence-electron chi connectivity index (χ4n) is 3.86. The quantitative estimate of drug-likeness (QED) is 0.731. The summed E-state index contributed by atoms with van der Waals surface area (Å²) in [5.74, 6) is 0.380. The lowest BCUT2D eigenvalue weighted by Crippen LogP contribution is -2.47. The number of H-pyrrole nitrogens is 1. The second kappa shape index (κ2) is 7.24. The van der Waals surface area contributed by atoms with Crippen molar-refractivity contribution in [2.45, 2.75) is 20.3 Å². The summed E-state index contributed by atoms with van der Waals surface area (Å²) in [6.07, 6.45) is 0.791. The Labute approximate surface area is 164 Å². The van der Waals surface area contributed by atoms with Crippen LogP contribution in [0.25, 0.3) is 22.3 Å². The molecule has 1 fully saturated rings. The lowest BCUT2D eigenvalue weighted by atomic mass is 10.0. The first-order valence-corrected chi connectivity index (χ1v) is 9.70. The first-order valence-electron chi connectivity index (χ1n) is 9.70. The molecule has 146 valence electrons. The zero-order valence-corrected chi connectivity index (χ0v) is 16.6. The normalized spacial score (nSPS) is 15.3. The molecule has 28 heavy (non-hydrogen) atoms. The summed E-state index contributed by atoms with van der Waals surface area (Å²) >= 11 is 0. The van der Waals surface area contributed by atoms with Crippen LogP contribution in [0.2, 0.25) is 0 Å². The topological polar surface area (TPSA) is 91.1 Å². The van der Waals surface area contributed by atoms with Gasteiger partial charge >= 0.3 is 0 Å². The lowest BCUT2D eigenvalue weighted by Gasteiger charge is -2.32. The van der Waals surface area contributed by atoms with Crippen LogP contribution >= 0.6 is 0 Å². The molecule has 7 nitrogen and oxygen atoms in total. The van der Waals surface area contributed by atoms with E-state index >= 15 is 0 Å². The van der Waals surface area contributed by atoms with Gasteiger partial charge in [-0.15, -0.1) is 0 Å². The maximum absolute atomic E-state index is 12.8. The van der Waals surface area contributed by atoms with Crippen molar-refractivity contribution < 1.29 is 4.79 Å². The predicted octanol–water partition coefficient (Wildman–Crippen LogP) is 2.47. The number of nitrogens with one attached hydrogen (secondary N) is 1. The second-order valence-corrected chi connectivity index (χ2v) is 7.40. The third kappa shape index (κ3) is 3.22. The van der Waals surface area contributed by atoms with Crippen molar-refractivity contribution in [3.8, 4) is 11.3 Å². The summed E-state index contributed by atoms with van der Waals surface area (Å²) in [4.78, 5) is 29.0. The Bertz CT molecular complexity index is 1020. The Morgan fingerprint density at radius 1 is 1.14 bits per heavy atom. The van der Waals surface area contributed by atoms with Crippen LogP contribution in [-0.2, 0) is 6.42 Å². The number of hydrogen-bond acceptors (Lipinski definition) is 5. The second-order valence-electron chi connectivity index (χ2n) is 7.40. The molecule has 1 saturated heterocycles. The van der Waals surface area contributed by atoms with Gasteiger partial charge in [0.1, 0.15) is 5.65 Å². The molecule has 0 unspecified atom stereocenters. The number of carbonyl (C=O) groups is 1. The molecule has 1 amide bonds. The van der Waals surface area contributed by atoms with Crippen LogP contribution in [0.1, 0.15) is 28.5 Å². The number of likely N-dealkylation sites (N-methyl/N-ethyl adjacent to an activating group) is 1. The Morgan fingerprint density at radius 2 is 1.82 bits per heavy atom. The highest BCUT2D eigenvalue weighted by Crippen LogP contribution is 2.31. The number of amides is 1. The number of nitrogen functional groups attached to an aromatic ring is 1. The van der Waals surface area contributed by atoms with Crippen molar-refractivity contribution in [3.05, 3.63) is 41.1 Å². The Morgan fingerprint density at radius 3 is 2.46 bits per heavy atom. The standard InChI is InChI=1S/C21H26N6O/c1-4-16-17-13(2)18(24-19(17)25-21(22)23-16)14-5-7-15(8-6-14)20(28)27-11-9-26(3)10-12-27/h5-8H,4,9-12H2,1-3H3,(H3,22,23,24,25). The van der Waals surface area contributed by atoms with E-state index in [2.05, 4.69) is 40.7 Å². The molecule has 0 saturated carbocycles. The van der Waals surface area contributed by atoms with Gasteiger partial charge in [0.05, 0.1) is 11.4 Å². The van der Waals surface area contributed by atoms with E-state index in [1.165, 1.54) is 0 Å². The van der Waals surface area contributed by atoms with Crippen molar-refractivity contribution in [3.63, 3.8) is 0 Å². The van der Waals surface area contributed by atoms with Crippen LogP contribution < -0.4 is 5.73 Å². The van der Waals surface area contributed by atoms with Gasteiger partial charge in [0.2, 0.25) is 5.95 Å². The van der Waals surface area contributed by atoms with Crippen LogP contribution in [0.4, 0.5) is 5.95 Å². The number of aromatic amines is 1. The van der Waals surface area contributed by atoms with E-state index < -0.39 is 0 Å². The zero-order valence-electron chi connectivity index (χ0n) is 16.6. The van der Waals surface area contributed by atoms with Crippen LogP contribution in [0.5, 0.6) is 0 Å². The average molecular weight is 378 g/mol. The molecular formula is C21H26N6O. The highest BCUT2D eigenvalue weighted by Gasteiger charge is 2.21. The number of rotatable bonds is 3. The van der Waals surface area contributed by atoms with Crippen LogP contribution in [-0.4, -0.2) is 63.9 Å². The molecule has 0 spiro atoms. The first-order chi connectivity index (χ1) is 13.5. The van der Waals surface area contributed by atoms with E-state index in [0.717, 1.165) is 71.7 Å². The molecule has 3 aromatic rings. The fourth-order valence-corrected chi connectivity index (χ4v) is 3.86. The molecule has 0 bridgehead atoms. The molecule has 0 atom stereocenters. The number of fused-ring (bicyclic) bond motifs is 1. The van der Waals surface area contributed by atoms with Crippen LogP contribution in [0.3, 0.4) is 0 Å². The van der Waals surface area contributed by atoms with Gasteiger partial charge in [0.15, 0.2) is 0 Å². The zero-order chi connectivity index (χ0) is 19.8. The summed E-state index contributed by atoms with van der Waals surface area (Å²) in [6, 6.07) is 7.79. The number of aryl methyl sites for hydroxylation is 2. The molecule has 2 aromatic heterocycles. The minimum absolute atomic E-state index is 0.0972.